The third kappa shape index (κ3) is 7.27. The minimum Gasteiger partial charge on any atom is -0.339 e. The highest BCUT2D eigenvalue weighted by Crippen LogP contribution is 2.40. The first-order valence-corrected chi connectivity index (χ1v) is 12.2. The number of anilines is 1. The minimum absolute atomic E-state index is 0.0959. The predicted octanol–water partition coefficient (Wildman–Crippen LogP) is 1.73. The maximum Gasteiger partial charge on any atom is 0.267 e. The highest BCUT2D eigenvalue weighted by atomic mass is 16.5. The van der Waals surface area contributed by atoms with Crippen molar-refractivity contribution in [3.8, 4) is 11.8 Å². The second-order valence-corrected chi connectivity index (χ2v) is 8.93. The Bertz CT molecular complexity index is 1330. The molecule has 9 nitrogen and oxygen atoms in total. The molecule has 38 heavy (non-hydrogen) atoms. The first-order valence-electron chi connectivity index (χ1n) is 12.2. The Balaban J connectivity index is 1.24. The molecule has 0 radical (unpaired) electrons. The van der Waals surface area contributed by atoms with Crippen LogP contribution in [0.2, 0.25) is 0 Å². The van der Waals surface area contributed by atoms with E-state index in [0.717, 1.165) is 12.0 Å². The zero-order chi connectivity index (χ0) is 26.9. The second-order valence-electron chi connectivity index (χ2n) is 8.93. The lowest BCUT2D eigenvalue weighted by Gasteiger charge is -2.14. The summed E-state index contributed by atoms with van der Waals surface area (Å²) in [5.41, 5.74) is 10.7. The Kier molecular flexibility index (Phi) is 8.85. The fraction of sp³-hybridized carbons (Fsp3) is 0.207. The van der Waals surface area contributed by atoms with E-state index in [2.05, 4.69) is 39.9 Å². The zero-order valence-corrected chi connectivity index (χ0v) is 20.6. The molecule has 0 heterocycles. The Labute approximate surface area is 220 Å². The van der Waals surface area contributed by atoms with E-state index >= 15 is 0 Å². The van der Waals surface area contributed by atoms with Gasteiger partial charge in [-0.05, 0) is 60.5 Å². The van der Waals surface area contributed by atoms with Crippen LogP contribution >= 0.6 is 0 Å². The van der Waals surface area contributed by atoms with Crippen LogP contribution < -0.4 is 27.2 Å². The number of benzene rings is 3. The van der Waals surface area contributed by atoms with E-state index in [-0.39, 0.29) is 19.0 Å². The van der Waals surface area contributed by atoms with Crippen LogP contribution in [0.4, 0.5) is 5.69 Å². The molecular weight excluding hydrogens is 482 g/mol. The van der Waals surface area contributed by atoms with Gasteiger partial charge in [0.05, 0.1) is 6.54 Å². The Hall–Kier alpha value is -4.49. The number of rotatable bonds is 9. The van der Waals surface area contributed by atoms with Crippen LogP contribution in [0.3, 0.4) is 0 Å². The van der Waals surface area contributed by atoms with Crippen molar-refractivity contribution in [3.05, 3.63) is 101 Å². The van der Waals surface area contributed by atoms with Crippen molar-refractivity contribution >= 4 is 23.4 Å². The number of carbonyl (C=O) groups is 3. The average Bonchev–Trinajstić information content (AvgIpc) is 3.74. The van der Waals surface area contributed by atoms with Crippen LogP contribution in [0.25, 0.3) is 0 Å². The molecular formula is C29H29N5O4. The molecule has 3 amide bonds. The van der Waals surface area contributed by atoms with Crippen molar-refractivity contribution < 1.29 is 19.6 Å². The first kappa shape index (κ1) is 26.6. The molecule has 0 spiro atoms. The van der Waals surface area contributed by atoms with Crippen molar-refractivity contribution in [3.63, 3.8) is 0 Å². The highest BCUT2D eigenvalue weighted by molar-refractivity contribution is 5.97. The lowest BCUT2D eigenvalue weighted by atomic mass is 10.1. The molecule has 3 atom stereocenters. The molecule has 1 saturated carbocycles. The summed E-state index contributed by atoms with van der Waals surface area (Å²) in [7, 11) is 0. The summed E-state index contributed by atoms with van der Waals surface area (Å²) >= 11 is 0. The summed E-state index contributed by atoms with van der Waals surface area (Å²) in [4.78, 5) is 36.1. The zero-order valence-electron chi connectivity index (χ0n) is 20.6. The van der Waals surface area contributed by atoms with E-state index in [1.807, 2.05) is 30.3 Å². The smallest absolute Gasteiger partial charge is 0.267 e. The van der Waals surface area contributed by atoms with E-state index in [1.165, 1.54) is 11.0 Å². The third-order valence-electron chi connectivity index (χ3n) is 6.18. The molecule has 9 heteroatoms. The van der Waals surface area contributed by atoms with Crippen LogP contribution in [0, 0.1) is 11.8 Å². The largest absolute Gasteiger partial charge is 0.339 e. The van der Waals surface area contributed by atoms with Gasteiger partial charge in [-0.1, -0.05) is 42.2 Å². The molecule has 3 aromatic rings. The number of hydrogen-bond acceptors (Lipinski definition) is 6. The van der Waals surface area contributed by atoms with Crippen molar-refractivity contribution in [1.82, 2.24) is 16.1 Å². The standard InChI is InChI=1S/C29H29N5O4/c30-17-26(29(37)34-38)33-28(36)22-12-8-19(9-13-22)6-7-20-10-14-23(15-11-20)32-27(35)18-31-25-16-24(25)21-4-2-1-3-5-21/h1-5,8-15,24-26,31,38H,16-18,30H2,(H,32,35)(H,33,36)(H,34,37)/t24-,25-,26+/m1/s1. The van der Waals surface area contributed by atoms with Gasteiger partial charge in [-0.3, -0.25) is 19.6 Å². The van der Waals surface area contributed by atoms with Gasteiger partial charge in [-0.25, -0.2) is 5.48 Å². The topological polar surface area (TPSA) is 146 Å². The number of nitrogens with two attached hydrogens (primary N) is 1. The molecule has 7 N–H and O–H groups in total. The molecule has 1 aliphatic rings. The summed E-state index contributed by atoms with van der Waals surface area (Å²) in [6.45, 7) is 0.0990. The molecule has 3 aromatic carbocycles. The normalized spacial score (nSPS) is 16.4. The van der Waals surface area contributed by atoms with Gasteiger partial charge in [0.25, 0.3) is 11.8 Å². The van der Waals surface area contributed by atoms with Crippen LogP contribution in [-0.2, 0) is 9.59 Å². The quantitative estimate of drug-likeness (QED) is 0.147. The van der Waals surface area contributed by atoms with Crippen LogP contribution in [0.5, 0.6) is 0 Å². The first-order chi connectivity index (χ1) is 18.5. The van der Waals surface area contributed by atoms with Crippen molar-refractivity contribution in [2.24, 2.45) is 5.73 Å². The number of hydroxylamine groups is 1. The molecule has 1 fully saturated rings. The second kappa shape index (κ2) is 12.7. The Morgan fingerprint density at radius 3 is 2.16 bits per heavy atom. The van der Waals surface area contributed by atoms with Gasteiger partial charge in [0.1, 0.15) is 6.04 Å². The van der Waals surface area contributed by atoms with Gasteiger partial charge in [0.15, 0.2) is 0 Å². The molecule has 194 valence electrons. The SMILES string of the molecule is NC[C@H](NC(=O)c1ccc(C#Cc2ccc(NC(=O)CN[C@@H]3C[C@@H]3c3ccccc3)cc2)cc1)C(=O)NO. The average molecular weight is 512 g/mol. The molecule has 0 bridgehead atoms. The van der Waals surface area contributed by atoms with Gasteiger partial charge in [-0.15, -0.1) is 0 Å². The van der Waals surface area contributed by atoms with Crippen molar-refractivity contribution in [2.75, 3.05) is 18.4 Å². The van der Waals surface area contributed by atoms with Crippen molar-refractivity contribution in [2.45, 2.75) is 24.4 Å². The van der Waals surface area contributed by atoms with Gasteiger partial charge < -0.3 is 21.7 Å². The highest BCUT2D eigenvalue weighted by Gasteiger charge is 2.37. The van der Waals surface area contributed by atoms with Gasteiger partial charge >= 0.3 is 0 Å². The van der Waals surface area contributed by atoms with Crippen LogP contribution in [-0.4, -0.2) is 48.1 Å². The molecule has 0 unspecified atom stereocenters. The minimum atomic E-state index is -1.04. The van der Waals surface area contributed by atoms with E-state index in [4.69, 9.17) is 10.9 Å². The van der Waals surface area contributed by atoms with Crippen LogP contribution in [0.1, 0.15) is 39.4 Å². The Morgan fingerprint density at radius 1 is 0.921 bits per heavy atom. The Morgan fingerprint density at radius 2 is 1.55 bits per heavy atom. The number of nitrogens with one attached hydrogen (secondary N) is 4. The molecule has 1 aliphatic carbocycles. The molecule has 0 saturated heterocycles. The van der Waals surface area contributed by atoms with Gasteiger partial charge in [0, 0.05) is 40.9 Å². The summed E-state index contributed by atoms with van der Waals surface area (Å²) in [5.74, 6) is 5.17. The lowest BCUT2D eigenvalue weighted by molar-refractivity contribution is -0.130. The summed E-state index contributed by atoms with van der Waals surface area (Å²) < 4.78 is 0. The summed E-state index contributed by atoms with van der Waals surface area (Å²) in [6.07, 6.45) is 1.04. The lowest BCUT2D eigenvalue weighted by Crippen LogP contribution is -2.50. The van der Waals surface area contributed by atoms with Crippen molar-refractivity contribution in [1.29, 1.82) is 0 Å². The number of carbonyl (C=O) groups excluding carboxylic acids is 3. The van der Waals surface area contributed by atoms with Gasteiger partial charge in [-0.2, -0.15) is 0 Å². The fourth-order valence-electron chi connectivity index (χ4n) is 3.96. The van der Waals surface area contributed by atoms with E-state index in [0.29, 0.717) is 28.8 Å². The van der Waals surface area contributed by atoms with Crippen LogP contribution in [0.15, 0.2) is 78.9 Å². The summed E-state index contributed by atoms with van der Waals surface area (Å²) in [6, 6.07) is 23.4. The van der Waals surface area contributed by atoms with E-state index < -0.39 is 17.9 Å². The van der Waals surface area contributed by atoms with E-state index in [1.54, 1.807) is 36.4 Å². The maximum absolute atomic E-state index is 12.3. The molecule has 0 aromatic heterocycles. The molecule has 0 aliphatic heterocycles. The number of hydrogen-bond donors (Lipinski definition) is 6. The monoisotopic (exact) mass is 511 g/mol. The number of amides is 3. The maximum atomic E-state index is 12.3. The molecule has 4 rings (SSSR count). The van der Waals surface area contributed by atoms with E-state index in [9.17, 15) is 14.4 Å². The third-order valence-corrected chi connectivity index (χ3v) is 6.18. The fourth-order valence-corrected chi connectivity index (χ4v) is 3.96. The predicted molar refractivity (Wildman–Crippen MR) is 143 cm³/mol. The summed E-state index contributed by atoms with van der Waals surface area (Å²) in [5, 5.41) is 17.4. The van der Waals surface area contributed by atoms with Gasteiger partial charge in [0.2, 0.25) is 5.91 Å².